The number of anilines is 2. The molecule has 0 radical (unpaired) electrons. The zero-order valence-electron chi connectivity index (χ0n) is 21.8. The summed E-state index contributed by atoms with van der Waals surface area (Å²) in [5, 5.41) is 8.13. The minimum absolute atomic E-state index is 0.00122. The number of alkyl halides is 3. The number of nitrogens with one attached hydrogen (secondary N) is 3. The summed E-state index contributed by atoms with van der Waals surface area (Å²) in [5.74, 6) is 2.60. The first-order valence-corrected chi connectivity index (χ1v) is 13.0. The Morgan fingerprint density at radius 3 is 2.70 bits per heavy atom. The first-order valence-electron chi connectivity index (χ1n) is 13.0. The molecule has 4 aliphatic rings. The average molecular weight is 556 g/mol. The van der Waals surface area contributed by atoms with Crippen LogP contribution in [0.2, 0.25) is 0 Å². The number of nitrogens with two attached hydrogens (primary N) is 1. The Labute approximate surface area is 228 Å². The third kappa shape index (κ3) is 4.99. The van der Waals surface area contributed by atoms with E-state index in [2.05, 4.69) is 20.9 Å². The van der Waals surface area contributed by atoms with Crippen LogP contribution in [0, 0.1) is 11.8 Å². The molecule has 3 amide bonds. The van der Waals surface area contributed by atoms with Gasteiger partial charge in [-0.1, -0.05) is 0 Å². The van der Waals surface area contributed by atoms with E-state index in [1.165, 1.54) is 6.07 Å². The molecular formula is C28H28F3N5O4. The molecule has 210 valence electrons. The van der Waals surface area contributed by atoms with Gasteiger partial charge in [0.05, 0.1) is 11.6 Å². The third-order valence-electron chi connectivity index (χ3n) is 7.64. The van der Waals surface area contributed by atoms with Gasteiger partial charge in [0, 0.05) is 47.7 Å². The number of nitrogens with zero attached hydrogens (tertiary/aromatic N) is 1. The Morgan fingerprint density at radius 2 is 1.95 bits per heavy atom. The SMILES string of the molecule is CC(C)(N)c1cc(NC(=O)NC2[C@@H]3C4CC(Oc5ccnc6c5CCC(=O)N6)=CC=C4O[C@H]23)cc(C(F)(F)F)c1. The van der Waals surface area contributed by atoms with Gasteiger partial charge in [-0.3, -0.25) is 4.79 Å². The first-order chi connectivity index (χ1) is 18.9. The number of halogens is 3. The standard InChI is InChI=1S/C28H28F3N5O4/c1-27(2,32)13-9-14(28(29,30)31)11-15(10-13)34-26(38)36-23-22-18-12-16(3-5-19(18)40-24(22)23)39-20-7-8-33-25-17(20)4-6-21(37)35-25/h3,5,7-11,18,22-24H,4,6,12,32H2,1-2H3,(H,33,35,37)(H2,34,36,38)/t18?,22-,23?,24-/m0/s1. The lowest BCUT2D eigenvalue weighted by atomic mass is 9.93. The van der Waals surface area contributed by atoms with Gasteiger partial charge >= 0.3 is 12.2 Å². The summed E-state index contributed by atoms with van der Waals surface area (Å²) in [4.78, 5) is 28.7. The van der Waals surface area contributed by atoms with Gasteiger partial charge in [-0.25, -0.2) is 9.78 Å². The molecule has 1 aromatic carbocycles. The van der Waals surface area contributed by atoms with Gasteiger partial charge in [-0.2, -0.15) is 13.2 Å². The highest BCUT2D eigenvalue weighted by atomic mass is 19.4. The van der Waals surface area contributed by atoms with Gasteiger partial charge in [0.2, 0.25) is 5.91 Å². The summed E-state index contributed by atoms with van der Waals surface area (Å²) in [5.41, 5.74) is 5.20. The van der Waals surface area contributed by atoms with Gasteiger partial charge in [0.25, 0.3) is 0 Å². The Morgan fingerprint density at radius 1 is 1.18 bits per heavy atom. The number of rotatable bonds is 5. The van der Waals surface area contributed by atoms with Crippen molar-refractivity contribution in [2.24, 2.45) is 17.6 Å². The third-order valence-corrected chi connectivity index (χ3v) is 7.64. The summed E-state index contributed by atoms with van der Waals surface area (Å²) in [7, 11) is 0. The first kappa shape index (κ1) is 26.2. The monoisotopic (exact) mass is 555 g/mol. The fourth-order valence-corrected chi connectivity index (χ4v) is 5.53. The zero-order valence-corrected chi connectivity index (χ0v) is 21.8. The van der Waals surface area contributed by atoms with Crippen LogP contribution in [0.5, 0.6) is 5.75 Å². The maximum Gasteiger partial charge on any atom is 0.416 e. The maximum atomic E-state index is 13.4. The summed E-state index contributed by atoms with van der Waals surface area (Å²) < 4.78 is 52.6. The van der Waals surface area contributed by atoms with E-state index in [4.69, 9.17) is 15.2 Å². The van der Waals surface area contributed by atoms with Crippen molar-refractivity contribution < 1.29 is 32.2 Å². The van der Waals surface area contributed by atoms with Gasteiger partial charge in [0.1, 0.15) is 29.2 Å². The van der Waals surface area contributed by atoms with E-state index in [1.54, 1.807) is 26.1 Å². The predicted octanol–water partition coefficient (Wildman–Crippen LogP) is 4.56. The van der Waals surface area contributed by atoms with Gasteiger partial charge in [-0.05, 0) is 62.2 Å². The van der Waals surface area contributed by atoms with Crippen molar-refractivity contribution in [3.8, 4) is 5.75 Å². The second-order valence-electron chi connectivity index (χ2n) is 11.1. The molecular weight excluding hydrogens is 527 g/mol. The molecule has 1 aromatic heterocycles. The van der Waals surface area contributed by atoms with E-state index in [-0.39, 0.29) is 41.1 Å². The molecule has 5 N–H and O–H groups in total. The minimum Gasteiger partial charge on any atom is -0.492 e. The van der Waals surface area contributed by atoms with Crippen LogP contribution in [-0.4, -0.2) is 29.1 Å². The number of ether oxygens (including phenoxy) is 2. The molecule has 1 saturated heterocycles. The number of amides is 3. The number of hydrogen-bond donors (Lipinski definition) is 4. The van der Waals surface area contributed by atoms with Crippen molar-refractivity contribution in [1.29, 1.82) is 0 Å². The van der Waals surface area contributed by atoms with Crippen molar-refractivity contribution in [2.45, 2.75) is 57.0 Å². The van der Waals surface area contributed by atoms with E-state index in [0.717, 1.165) is 29.2 Å². The minimum atomic E-state index is -4.59. The van der Waals surface area contributed by atoms with Gasteiger partial charge < -0.3 is 31.2 Å². The Hall–Kier alpha value is -4.06. The van der Waals surface area contributed by atoms with E-state index in [9.17, 15) is 22.8 Å². The number of carbonyl (C=O) groups excluding carboxylic acids is 2. The second kappa shape index (κ2) is 9.26. The number of carbonyl (C=O) groups is 2. The molecule has 40 heavy (non-hydrogen) atoms. The highest BCUT2D eigenvalue weighted by Gasteiger charge is 2.64. The molecule has 0 bridgehead atoms. The van der Waals surface area contributed by atoms with Gasteiger partial charge in [0.15, 0.2) is 0 Å². The largest absolute Gasteiger partial charge is 0.492 e. The topological polar surface area (TPSA) is 128 Å². The van der Waals surface area contributed by atoms with Crippen LogP contribution >= 0.6 is 0 Å². The number of allylic oxidation sites excluding steroid dienone is 4. The summed E-state index contributed by atoms with van der Waals surface area (Å²) in [6.07, 6.45) is 1.94. The van der Waals surface area contributed by atoms with Crippen LogP contribution in [0.4, 0.5) is 29.5 Å². The van der Waals surface area contributed by atoms with Crippen LogP contribution in [-0.2, 0) is 27.7 Å². The number of fused-ring (bicyclic) bond motifs is 4. The molecule has 12 heteroatoms. The van der Waals surface area contributed by atoms with Crippen LogP contribution < -0.4 is 26.4 Å². The quantitative estimate of drug-likeness (QED) is 0.428. The van der Waals surface area contributed by atoms with Crippen LogP contribution in [0.1, 0.15) is 43.4 Å². The van der Waals surface area contributed by atoms with Crippen molar-refractivity contribution in [3.63, 3.8) is 0 Å². The number of benzene rings is 1. The maximum absolute atomic E-state index is 13.4. The lowest BCUT2D eigenvalue weighted by Gasteiger charge is -2.24. The van der Waals surface area contributed by atoms with E-state index >= 15 is 0 Å². The number of aromatic nitrogens is 1. The lowest BCUT2D eigenvalue weighted by Crippen LogP contribution is -2.35. The van der Waals surface area contributed by atoms with Crippen molar-refractivity contribution in [3.05, 3.63) is 70.8 Å². The van der Waals surface area contributed by atoms with Crippen molar-refractivity contribution >= 4 is 23.4 Å². The van der Waals surface area contributed by atoms with E-state index in [0.29, 0.717) is 30.8 Å². The molecule has 3 heterocycles. The molecule has 1 saturated carbocycles. The lowest BCUT2D eigenvalue weighted by molar-refractivity contribution is -0.137. The summed E-state index contributed by atoms with van der Waals surface area (Å²) in [6, 6.07) is 4.17. The Kier molecular flexibility index (Phi) is 6.06. The number of hydrogen-bond acceptors (Lipinski definition) is 6. The van der Waals surface area contributed by atoms with E-state index < -0.39 is 23.3 Å². The normalized spacial score (nSPS) is 24.8. The van der Waals surface area contributed by atoms with Crippen molar-refractivity contribution in [2.75, 3.05) is 10.6 Å². The molecule has 9 nitrogen and oxygen atoms in total. The fourth-order valence-electron chi connectivity index (χ4n) is 5.53. The summed E-state index contributed by atoms with van der Waals surface area (Å²) >= 11 is 0. The molecule has 2 aliphatic carbocycles. The Bertz CT molecular complexity index is 1430. The predicted molar refractivity (Wildman–Crippen MR) is 139 cm³/mol. The molecule has 4 atom stereocenters. The highest BCUT2D eigenvalue weighted by Crippen LogP contribution is 2.55. The van der Waals surface area contributed by atoms with Crippen molar-refractivity contribution in [1.82, 2.24) is 10.3 Å². The molecule has 2 aliphatic heterocycles. The molecule has 0 spiro atoms. The van der Waals surface area contributed by atoms with Crippen LogP contribution in [0.25, 0.3) is 0 Å². The number of pyridine rings is 1. The van der Waals surface area contributed by atoms with E-state index in [1.807, 2.05) is 12.2 Å². The van der Waals surface area contributed by atoms with Crippen LogP contribution in [0.15, 0.2) is 54.1 Å². The average Bonchev–Trinajstić information content (AvgIpc) is 3.38. The Balaban J connectivity index is 1.10. The number of urea groups is 1. The fraction of sp³-hybridized carbons (Fsp3) is 0.393. The zero-order chi connectivity index (χ0) is 28.4. The second-order valence-corrected chi connectivity index (χ2v) is 11.1. The summed E-state index contributed by atoms with van der Waals surface area (Å²) in [6.45, 7) is 3.19. The molecule has 2 unspecified atom stereocenters. The van der Waals surface area contributed by atoms with Crippen LogP contribution in [0.3, 0.4) is 0 Å². The molecule has 6 rings (SSSR count). The highest BCUT2D eigenvalue weighted by molar-refractivity contribution is 5.93. The smallest absolute Gasteiger partial charge is 0.416 e. The molecule has 2 fully saturated rings. The van der Waals surface area contributed by atoms with Gasteiger partial charge in [-0.15, -0.1) is 0 Å². The molecule has 2 aromatic rings.